The van der Waals surface area contributed by atoms with E-state index in [0.717, 1.165) is 12.1 Å². The zero-order valence-electron chi connectivity index (χ0n) is 8.62. The van der Waals surface area contributed by atoms with Crippen LogP contribution in [0.25, 0.3) is 17.0 Å². The standard InChI is InChI=1S/C14H11N/c1-15-13-9-4-2-3-7-11(13)12-8-5-6-10-14(12)15/h3,5-8,10H,2H2,1H3. The molecule has 0 atom stereocenters. The number of para-hydroxylation sites is 1. The van der Waals surface area contributed by atoms with Crippen molar-refractivity contribution in [2.24, 2.45) is 7.05 Å². The van der Waals surface area contributed by atoms with Crippen molar-refractivity contribution in [3.8, 4) is 11.8 Å². The molecule has 1 heterocycles. The van der Waals surface area contributed by atoms with Gasteiger partial charge in [-0.15, -0.1) is 0 Å². The highest BCUT2D eigenvalue weighted by atomic mass is 14.9. The summed E-state index contributed by atoms with van der Waals surface area (Å²) >= 11 is 0. The van der Waals surface area contributed by atoms with Crippen LogP contribution in [0.4, 0.5) is 0 Å². The Bertz CT molecular complexity index is 618. The molecule has 72 valence electrons. The van der Waals surface area contributed by atoms with Crippen molar-refractivity contribution in [3.05, 3.63) is 41.6 Å². The molecule has 0 N–H and O–H groups in total. The largest absolute Gasteiger partial charge is 0.337 e. The molecule has 1 aliphatic rings. The van der Waals surface area contributed by atoms with E-state index in [1.807, 2.05) is 0 Å². The SMILES string of the molecule is Cn1c2c(c3ccccc31)C=CCC#C2. The highest BCUT2D eigenvalue weighted by Gasteiger charge is 2.11. The van der Waals surface area contributed by atoms with Crippen molar-refractivity contribution in [2.45, 2.75) is 6.42 Å². The molecule has 1 aromatic heterocycles. The van der Waals surface area contributed by atoms with Gasteiger partial charge in [-0.25, -0.2) is 0 Å². The molecule has 1 nitrogen and oxygen atoms in total. The number of hydrogen-bond acceptors (Lipinski definition) is 0. The Morgan fingerprint density at radius 3 is 3.07 bits per heavy atom. The van der Waals surface area contributed by atoms with Gasteiger partial charge in [0.25, 0.3) is 0 Å². The van der Waals surface area contributed by atoms with Crippen molar-refractivity contribution in [3.63, 3.8) is 0 Å². The van der Waals surface area contributed by atoms with Crippen LogP contribution in [0, 0.1) is 11.8 Å². The fourth-order valence-corrected chi connectivity index (χ4v) is 2.11. The predicted molar refractivity (Wildman–Crippen MR) is 63.4 cm³/mol. The minimum atomic E-state index is 0.850. The Hall–Kier alpha value is -1.94. The maximum absolute atomic E-state index is 3.23. The third-order valence-electron chi connectivity index (χ3n) is 2.86. The Balaban J connectivity index is 2.51. The van der Waals surface area contributed by atoms with Gasteiger partial charge in [-0.1, -0.05) is 36.3 Å². The number of nitrogens with zero attached hydrogens (tertiary/aromatic N) is 1. The first-order valence-electron chi connectivity index (χ1n) is 5.11. The van der Waals surface area contributed by atoms with Gasteiger partial charge in [-0.05, 0) is 12.0 Å². The first-order valence-corrected chi connectivity index (χ1v) is 5.11. The molecule has 0 radical (unpaired) electrons. The summed E-state index contributed by atoms with van der Waals surface area (Å²) in [6.45, 7) is 0. The molecule has 0 unspecified atom stereocenters. The van der Waals surface area contributed by atoms with Gasteiger partial charge in [-0.2, -0.15) is 0 Å². The maximum atomic E-state index is 3.23. The minimum absolute atomic E-state index is 0.850. The lowest BCUT2D eigenvalue weighted by atomic mass is 10.1. The van der Waals surface area contributed by atoms with Gasteiger partial charge in [0, 0.05) is 29.9 Å². The van der Waals surface area contributed by atoms with Crippen molar-refractivity contribution < 1.29 is 0 Å². The van der Waals surface area contributed by atoms with Gasteiger partial charge in [-0.3, -0.25) is 0 Å². The van der Waals surface area contributed by atoms with E-state index in [1.165, 1.54) is 16.5 Å². The average Bonchev–Trinajstić information content (AvgIpc) is 2.48. The Morgan fingerprint density at radius 1 is 1.27 bits per heavy atom. The van der Waals surface area contributed by atoms with E-state index in [9.17, 15) is 0 Å². The van der Waals surface area contributed by atoms with Gasteiger partial charge >= 0.3 is 0 Å². The molecule has 1 heteroatoms. The average molecular weight is 193 g/mol. The summed E-state index contributed by atoms with van der Waals surface area (Å²) in [5.41, 5.74) is 3.64. The monoisotopic (exact) mass is 193 g/mol. The van der Waals surface area contributed by atoms with Crippen molar-refractivity contribution in [1.82, 2.24) is 4.57 Å². The Morgan fingerprint density at radius 2 is 2.13 bits per heavy atom. The Labute approximate surface area is 89.0 Å². The van der Waals surface area contributed by atoms with Gasteiger partial charge in [0.2, 0.25) is 0 Å². The predicted octanol–water partition coefficient (Wildman–Crippen LogP) is 2.95. The fraction of sp³-hybridized carbons (Fsp3) is 0.143. The lowest BCUT2D eigenvalue weighted by Gasteiger charge is -1.96. The third-order valence-corrected chi connectivity index (χ3v) is 2.86. The Kier molecular flexibility index (Phi) is 1.69. The van der Waals surface area contributed by atoms with Crippen LogP contribution >= 0.6 is 0 Å². The fourth-order valence-electron chi connectivity index (χ4n) is 2.11. The van der Waals surface area contributed by atoms with E-state index in [-0.39, 0.29) is 0 Å². The summed E-state index contributed by atoms with van der Waals surface area (Å²) in [5, 5.41) is 1.29. The summed E-state index contributed by atoms with van der Waals surface area (Å²) in [7, 11) is 2.08. The number of hydrogen-bond donors (Lipinski definition) is 0. The van der Waals surface area contributed by atoms with Crippen LogP contribution in [0.1, 0.15) is 17.7 Å². The van der Waals surface area contributed by atoms with Crippen molar-refractivity contribution >= 4 is 17.0 Å². The summed E-state index contributed by atoms with van der Waals surface area (Å²) in [6.07, 6.45) is 5.15. The summed E-state index contributed by atoms with van der Waals surface area (Å²) < 4.78 is 2.17. The van der Waals surface area contributed by atoms with Crippen LogP contribution in [-0.4, -0.2) is 4.57 Å². The molecular formula is C14H11N. The van der Waals surface area contributed by atoms with Crippen LogP contribution in [0.3, 0.4) is 0 Å². The second-order valence-electron chi connectivity index (χ2n) is 3.75. The quantitative estimate of drug-likeness (QED) is 0.567. The first kappa shape index (κ1) is 8.38. The van der Waals surface area contributed by atoms with Gasteiger partial charge in [0.15, 0.2) is 0 Å². The third kappa shape index (κ3) is 1.12. The second kappa shape index (κ2) is 3.03. The first-order chi connectivity index (χ1) is 7.38. The van der Waals surface area contributed by atoms with Crippen LogP contribution in [0.2, 0.25) is 0 Å². The smallest absolute Gasteiger partial charge is 0.100 e. The van der Waals surface area contributed by atoms with Crippen LogP contribution in [0.5, 0.6) is 0 Å². The zero-order chi connectivity index (χ0) is 10.3. The molecule has 0 fully saturated rings. The summed E-state index contributed by atoms with van der Waals surface area (Å²) in [5.74, 6) is 6.38. The summed E-state index contributed by atoms with van der Waals surface area (Å²) in [6, 6.07) is 8.44. The van der Waals surface area contributed by atoms with E-state index in [4.69, 9.17) is 0 Å². The maximum Gasteiger partial charge on any atom is 0.100 e. The summed E-state index contributed by atoms with van der Waals surface area (Å²) in [4.78, 5) is 0. The second-order valence-corrected chi connectivity index (χ2v) is 3.75. The van der Waals surface area contributed by atoms with E-state index in [1.54, 1.807) is 0 Å². The number of allylic oxidation sites excluding steroid dienone is 1. The normalized spacial score (nSPS) is 13.1. The topological polar surface area (TPSA) is 4.93 Å². The van der Waals surface area contributed by atoms with E-state index >= 15 is 0 Å². The number of rotatable bonds is 0. The lowest BCUT2D eigenvalue weighted by Crippen LogP contribution is -1.91. The van der Waals surface area contributed by atoms with Crippen LogP contribution in [0.15, 0.2) is 30.3 Å². The highest BCUT2D eigenvalue weighted by Crippen LogP contribution is 2.26. The van der Waals surface area contributed by atoms with E-state index in [2.05, 4.69) is 59.9 Å². The number of benzene rings is 1. The minimum Gasteiger partial charge on any atom is -0.337 e. The molecule has 3 rings (SSSR count). The molecule has 1 aliphatic carbocycles. The molecule has 0 saturated carbocycles. The molecule has 0 spiro atoms. The van der Waals surface area contributed by atoms with Gasteiger partial charge in [0.1, 0.15) is 5.69 Å². The van der Waals surface area contributed by atoms with E-state index in [0.29, 0.717) is 0 Å². The molecule has 0 saturated heterocycles. The van der Waals surface area contributed by atoms with Crippen LogP contribution in [-0.2, 0) is 7.05 Å². The molecule has 0 bridgehead atoms. The van der Waals surface area contributed by atoms with Crippen molar-refractivity contribution in [2.75, 3.05) is 0 Å². The number of fused-ring (bicyclic) bond motifs is 3. The molecular weight excluding hydrogens is 182 g/mol. The molecule has 0 amide bonds. The van der Waals surface area contributed by atoms with Crippen LogP contribution < -0.4 is 0 Å². The number of aromatic nitrogens is 1. The van der Waals surface area contributed by atoms with E-state index < -0.39 is 0 Å². The zero-order valence-corrected chi connectivity index (χ0v) is 8.62. The molecule has 1 aromatic carbocycles. The lowest BCUT2D eigenvalue weighted by molar-refractivity contribution is 0.950. The molecule has 2 aromatic rings. The highest BCUT2D eigenvalue weighted by molar-refractivity contribution is 5.92. The molecule has 15 heavy (non-hydrogen) atoms. The number of aryl methyl sites for hydroxylation is 1. The van der Waals surface area contributed by atoms with Crippen molar-refractivity contribution in [1.29, 1.82) is 0 Å². The molecule has 0 aliphatic heterocycles. The van der Waals surface area contributed by atoms with Gasteiger partial charge in [0.05, 0.1) is 0 Å². The van der Waals surface area contributed by atoms with Gasteiger partial charge < -0.3 is 4.57 Å².